The number of aliphatic hydroxyl groups excluding tert-OH is 1. The zero-order valence-electron chi connectivity index (χ0n) is 4.04. The molecule has 1 nitrogen and oxygen atoms in total. The van der Waals surface area contributed by atoms with E-state index in [2.05, 4.69) is 6.08 Å². The molecular weight excluding hydrogens is 88.1 g/mol. The van der Waals surface area contributed by atoms with E-state index in [-0.39, 0.29) is 6.10 Å². The van der Waals surface area contributed by atoms with E-state index in [9.17, 15) is 0 Å². The third kappa shape index (κ3) is 0.361. The number of aliphatic hydroxyl groups is 1. The molecule has 1 heteroatoms. The smallest absolute Gasteiger partial charge is 0.0755 e. The highest BCUT2D eigenvalue weighted by molar-refractivity contribution is 5.16. The van der Waals surface area contributed by atoms with Crippen LogP contribution in [0, 0.1) is 11.8 Å². The van der Waals surface area contributed by atoms with Gasteiger partial charge in [0.25, 0.3) is 0 Å². The molecule has 0 aromatic carbocycles. The molecule has 0 aliphatic heterocycles. The SMILES string of the molecule is O[C@H]1C=C[C@@H]2C[C@@H]21. The third-order valence-electron chi connectivity index (χ3n) is 1.89. The maximum absolute atomic E-state index is 8.95. The summed E-state index contributed by atoms with van der Waals surface area (Å²) in [6, 6.07) is 0. The maximum Gasteiger partial charge on any atom is 0.0755 e. The topological polar surface area (TPSA) is 20.2 Å². The fourth-order valence-corrected chi connectivity index (χ4v) is 1.25. The average Bonchev–Trinajstić information content (AvgIpc) is 2.33. The summed E-state index contributed by atoms with van der Waals surface area (Å²) in [5.41, 5.74) is 0. The van der Waals surface area contributed by atoms with Crippen molar-refractivity contribution in [2.75, 3.05) is 0 Å². The van der Waals surface area contributed by atoms with Gasteiger partial charge in [-0.1, -0.05) is 12.2 Å². The van der Waals surface area contributed by atoms with Crippen molar-refractivity contribution in [1.82, 2.24) is 0 Å². The summed E-state index contributed by atoms with van der Waals surface area (Å²) in [6.07, 6.45) is 5.16. The number of rotatable bonds is 0. The first-order chi connectivity index (χ1) is 3.38. The fourth-order valence-electron chi connectivity index (χ4n) is 1.25. The monoisotopic (exact) mass is 96.1 g/mol. The van der Waals surface area contributed by atoms with Crippen LogP contribution in [-0.2, 0) is 0 Å². The molecule has 2 rings (SSSR count). The van der Waals surface area contributed by atoms with Crippen LogP contribution in [-0.4, -0.2) is 11.2 Å². The third-order valence-corrected chi connectivity index (χ3v) is 1.89. The Labute approximate surface area is 42.7 Å². The largest absolute Gasteiger partial charge is 0.389 e. The summed E-state index contributed by atoms with van der Waals surface area (Å²) in [4.78, 5) is 0. The van der Waals surface area contributed by atoms with Crippen LogP contribution in [0.4, 0.5) is 0 Å². The van der Waals surface area contributed by atoms with Gasteiger partial charge >= 0.3 is 0 Å². The summed E-state index contributed by atoms with van der Waals surface area (Å²) in [5.74, 6) is 1.38. The molecule has 0 unspecified atom stereocenters. The Kier molecular flexibility index (Phi) is 0.482. The normalized spacial score (nSPS) is 54.7. The molecule has 0 amide bonds. The van der Waals surface area contributed by atoms with E-state index < -0.39 is 0 Å². The van der Waals surface area contributed by atoms with E-state index in [1.54, 1.807) is 0 Å². The molecule has 1 saturated carbocycles. The van der Waals surface area contributed by atoms with Crippen LogP contribution in [0.25, 0.3) is 0 Å². The van der Waals surface area contributed by atoms with Crippen LogP contribution in [0.15, 0.2) is 12.2 Å². The number of allylic oxidation sites excluding steroid dienone is 1. The molecule has 0 saturated heterocycles. The van der Waals surface area contributed by atoms with E-state index in [4.69, 9.17) is 5.11 Å². The number of hydrogen-bond acceptors (Lipinski definition) is 1. The molecule has 1 N–H and O–H groups in total. The number of hydrogen-bond donors (Lipinski definition) is 1. The summed E-state index contributed by atoms with van der Waals surface area (Å²) >= 11 is 0. The van der Waals surface area contributed by atoms with Gasteiger partial charge in [-0.05, 0) is 18.3 Å². The van der Waals surface area contributed by atoms with Crippen LogP contribution in [0.3, 0.4) is 0 Å². The highest BCUT2D eigenvalue weighted by Crippen LogP contribution is 2.46. The van der Waals surface area contributed by atoms with Gasteiger partial charge < -0.3 is 5.11 Å². The Morgan fingerprint density at radius 2 is 2.29 bits per heavy atom. The molecule has 0 heterocycles. The quantitative estimate of drug-likeness (QED) is 0.437. The molecule has 0 radical (unpaired) electrons. The molecule has 7 heavy (non-hydrogen) atoms. The van der Waals surface area contributed by atoms with E-state index >= 15 is 0 Å². The van der Waals surface area contributed by atoms with Gasteiger partial charge in [0, 0.05) is 0 Å². The summed E-state index contributed by atoms with van der Waals surface area (Å²) in [6.45, 7) is 0. The molecule has 1 fully saturated rings. The standard InChI is InChI=1S/C6H8O/c7-6-2-1-4-3-5(4)6/h1-2,4-7H,3H2/t4-,5+,6+/m1/s1. The second-order valence-corrected chi connectivity index (χ2v) is 2.44. The Bertz CT molecular complexity index is 117. The van der Waals surface area contributed by atoms with Crippen molar-refractivity contribution in [3.63, 3.8) is 0 Å². The van der Waals surface area contributed by atoms with E-state index in [1.807, 2.05) is 6.08 Å². The van der Waals surface area contributed by atoms with Crippen LogP contribution < -0.4 is 0 Å². The zero-order valence-corrected chi connectivity index (χ0v) is 4.04. The minimum absolute atomic E-state index is 0.0926. The molecule has 0 bridgehead atoms. The first-order valence-electron chi connectivity index (χ1n) is 2.74. The summed E-state index contributed by atoms with van der Waals surface area (Å²) in [5, 5.41) is 8.95. The molecule has 0 aromatic rings. The lowest BCUT2D eigenvalue weighted by molar-refractivity contribution is 0.203. The lowest BCUT2D eigenvalue weighted by Crippen LogP contribution is -2.00. The second-order valence-electron chi connectivity index (χ2n) is 2.44. The summed E-state index contributed by atoms with van der Waals surface area (Å²) in [7, 11) is 0. The molecule has 38 valence electrons. The molecule has 0 aromatic heterocycles. The summed E-state index contributed by atoms with van der Waals surface area (Å²) < 4.78 is 0. The predicted molar refractivity (Wildman–Crippen MR) is 26.7 cm³/mol. The Balaban J connectivity index is 2.22. The van der Waals surface area contributed by atoms with Crippen molar-refractivity contribution in [3.05, 3.63) is 12.2 Å². The predicted octanol–water partition coefficient (Wildman–Crippen LogP) is 0.553. The number of fused-ring (bicyclic) bond motifs is 1. The fraction of sp³-hybridized carbons (Fsp3) is 0.667. The maximum atomic E-state index is 8.95. The van der Waals surface area contributed by atoms with Crippen molar-refractivity contribution in [2.24, 2.45) is 11.8 Å². The van der Waals surface area contributed by atoms with Crippen molar-refractivity contribution >= 4 is 0 Å². The van der Waals surface area contributed by atoms with Gasteiger partial charge in [-0.3, -0.25) is 0 Å². The lowest BCUT2D eigenvalue weighted by Gasteiger charge is -1.93. The van der Waals surface area contributed by atoms with Crippen LogP contribution >= 0.6 is 0 Å². The molecule has 3 atom stereocenters. The van der Waals surface area contributed by atoms with E-state index in [0.717, 1.165) is 5.92 Å². The van der Waals surface area contributed by atoms with Crippen molar-refractivity contribution in [2.45, 2.75) is 12.5 Å². The van der Waals surface area contributed by atoms with Crippen molar-refractivity contribution in [1.29, 1.82) is 0 Å². The van der Waals surface area contributed by atoms with Gasteiger partial charge in [0.2, 0.25) is 0 Å². The van der Waals surface area contributed by atoms with Crippen molar-refractivity contribution in [3.8, 4) is 0 Å². The molecule has 2 aliphatic carbocycles. The van der Waals surface area contributed by atoms with Gasteiger partial charge in [-0.2, -0.15) is 0 Å². The molecule has 0 spiro atoms. The molecular formula is C6H8O. The Morgan fingerprint density at radius 1 is 1.43 bits per heavy atom. The highest BCUT2D eigenvalue weighted by atomic mass is 16.3. The van der Waals surface area contributed by atoms with Gasteiger partial charge in [0.15, 0.2) is 0 Å². The van der Waals surface area contributed by atoms with Crippen LogP contribution in [0.1, 0.15) is 6.42 Å². The minimum Gasteiger partial charge on any atom is -0.389 e. The highest BCUT2D eigenvalue weighted by Gasteiger charge is 2.43. The van der Waals surface area contributed by atoms with Gasteiger partial charge in [0.1, 0.15) is 0 Å². The first kappa shape index (κ1) is 3.67. The van der Waals surface area contributed by atoms with Gasteiger partial charge in [-0.15, -0.1) is 0 Å². The first-order valence-corrected chi connectivity index (χ1v) is 2.74. The Hall–Kier alpha value is -0.300. The van der Waals surface area contributed by atoms with E-state index in [0.29, 0.717) is 5.92 Å². The molecule has 2 aliphatic rings. The minimum atomic E-state index is -0.0926. The van der Waals surface area contributed by atoms with Gasteiger partial charge in [-0.25, -0.2) is 0 Å². The van der Waals surface area contributed by atoms with Crippen LogP contribution in [0.5, 0.6) is 0 Å². The van der Waals surface area contributed by atoms with E-state index in [1.165, 1.54) is 6.42 Å². The van der Waals surface area contributed by atoms with Crippen molar-refractivity contribution < 1.29 is 5.11 Å². The Morgan fingerprint density at radius 3 is 2.43 bits per heavy atom. The lowest BCUT2D eigenvalue weighted by atomic mass is 10.3. The van der Waals surface area contributed by atoms with Crippen LogP contribution in [0.2, 0.25) is 0 Å². The second kappa shape index (κ2) is 0.920. The zero-order chi connectivity index (χ0) is 4.85. The van der Waals surface area contributed by atoms with Gasteiger partial charge in [0.05, 0.1) is 6.10 Å². The average molecular weight is 96.1 g/mol.